The summed E-state index contributed by atoms with van der Waals surface area (Å²) >= 11 is 6.37. The molecule has 0 aliphatic rings. The summed E-state index contributed by atoms with van der Waals surface area (Å²) in [4.78, 5) is 19.3. The lowest BCUT2D eigenvalue weighted by Crippen LogP contribution is -2.17. The first-order valence-corrected chi connectivity index (χ1v) is 8.06. The van der Waals surface area contributed by atoms with Crippen LogP contribution in [0.15, 0.2) is 35.3 Å². The van der Waals surface area contributed by atoms with Crippen molar-refractivity contribution in [3.05, 3.63) is 46.0 Å². The van der Waals surface area contributed by atoms with Crippen LogP contribution >= 0.6 is 11.6 Å². The molecule has 120 valence electrons. The number of phenols is 1. The fourth-order valence-electron chi connectivity index (χ4n) is 2.74. The summed E-state index contributed by atoms with van der Waals surface area (Å²) in [5, 5.41) is 9.96. The molecule has 3 aromatic rings. The second kappa shape index (κ2) is 6.46. The summed E-state index contributed by atoms with van der Waals surface area (Å²) in [5.41, 5.74) is 2.66. The number of nitrogens with one attached hydrogen (secondary N) is 1. The van der Waals surface area contributed by atoms with Crippen LogP contribution in [0.4, 0.5) is 0 Å². The Morgan fingerprint density at radius 3 is 2.70 bits per heavy atom. The Kier molecular flexibility index (Phi) is 4.39. The molecule has 0 fully saturated rings. The molecule has 0 radical (unpaired) electrons. The average Bonchev–Trinajstić information content (AvgIpc) is 2.85. The average molecular weight is 332 g/mol. The number of hydrogen-bond donors (Lipinski definition) is 2. The largest absolute Gasteiger partial charge is 0.508 e. The lowest BCUT2D eigenvalue weighted by molar-refractivity contribution is 0.475. The van der Waals surface area contributed by atoms with Gasteiger partial charge in [-0.2, -0.15) is 0 Å². The Bertz CT molecular complexity index is 881. The maximum absolute atomic E-state index is 12.3. The first-order valence-electron chi connectivity index (χ1n) is 7.68. The van der Waals surface area contributed by atoms with Gasteiger partial charge in [0.25, 0.3) is 0 Å². The standard InChI is InChI=1S/C17H18ClN3O2/c1-2-3-4-9-21-15-14(11-5-7-12(22)8-6-11)13(18)10-19-16(15)20-17(21)23/h5-8,10,22H,2-4,9H2,1H3,(H,19,20,23). The number of aromatic nitrogens is 3. The van der Waals surface area contributed by atoms with E-state index >= 15 is 0 Å². The molecule has 2 N–H and O–H groups in total. The number of hydrogen-bond acceptors (Lipinski definition) is 3. The van der Waals surface area contributed by atoms with Crippen LogP contribution in [0.25, 0.3) is 22.3 Å². The van der Waals surface area contributed by atoms with Crippen molar-refractivity contribution in [2.75, 3.05) is 0 Å². The molecule has 3 rings (SSSR count). The van der Waals surface area contributed by atoms with Crippen LogP contribution in [0.1, 0.15) is 26.2 Å². The first kappa shape index (κ1) is 15.6. The van der Waals surface area contributed by atoms with Crippen LogP contribution in [0.3, 0.4) is 0 Å². The number of aryl methyl sites for hydroxylation is 1. The molecule has 5 nitrogen and oxygen atoms in total. The van der Waals surface area contributed by atoms with Crippen LogP contribution in [-0.2, 0) is 6.54 Å². The van der Waals surface area contributed by atoms with Crippen LogP contribution in [0.5, 0.6) is 5.75 Å². The minimum Gasteiger partial charge on any atom is -0.508 e. The molecule has 2 heterocycles. The molecule has 1 aromatic carbocycles. The van der Waals surface area contributed by atoms with Gasteiger partial charge >= 0.3 is 5.69 Å². The van der Waals surface area contributed by atoms with Crippen molar-refractivity contribution in [1.82, 2.24) is 14.5 Å². The Balaban J connectivity index is 2.21. The number of rotatable bonds is 5. The minimum atomic E-state index is -0.175. The molecular formula is C17H18ClN3O2. The number of aromatic hydroxyl groups is 1. The predicted octanol–water partition coefficient (Wildman–Crippen LogP) is 3.94. The van der Waals surface area contributed by atoms with Crippen LogP contribution in [-0.4, -0.2) is 19.6 Å². The van der Waals surface area contributed by atoms with Crippen LogP contribution in [0, 0.1) is 0 Å². The number of aromatic amines is 1. The van der Waals surface area contributed by atoms with Crippen molar-refractivity contribution in [2.45, 2.75) is 32.7 Å². The van der Waals surface area contributed by atoms with Crippen molar-refractivity contribution in [3.8, 4) is 16.9 Å². The number of fused-ring (bicyclic) bond motifs is 1. The molecule has 6 heteroatoms. The van der Waals surface area contributed by atoms with Crippen molar-refractivity contribution in [1.29, 1.82) is 0 Å². The Hall–Kier alpha value is -2.27. The molecular weight excluding hydrogens is 314 g/mol. The quantitative estimate of drug-likeness (QED) is 0.696. The molecule has 0 spiro atoms. The summed E-state index contributed by atoms with van der Waals surface area (Å²) in [6.07, 6.45) is 4.60. The van der Waals surface area contributed by atoms with E-state index < -0.39 is 0 Å². The summed E-state index contributed by atoms with van der Waals surface area (Å²) in [6, 6.07) is 6.77. The van der Waals surface area contributed by atoms with Gasteiger partial charge in [-0.15, -0.1) is 0 Å². The normalized spacial score (nSPS) is 11.2. The molecule has 0 atom stereocenters. The van der Waals surface area contributed by atoms with E-state index in [0.29, 0.717) is 22.7 Å². The molecule has 2 aromatic heterocycles. The van der Waals surface area contributed by atoms with E-state index in [2.05, 4.69) is 16.9 Å². The minimum absolute atomic E-state index is 0.175. The number of halogens is 1. The highest BCUT2D eigenvalue weighted by Gasteiger charge is 2.16. The molecule has 0 bridgehead atoms. The summed E-state index contributed by atoms with van der Waals surface area (Å²) in [7, 11) is 0. The van der Waals surface area contributed by atoms with E-state index in [0.717, 1.165) is 30.4 Å². The number of nitrogens with zero attached hydrogens (tertiary/aromatic N) is 2. The Morgan fingerprint density at radius 1 is 1.26 bits per heavy atom. The van der Waals surface area contributed by atoms with Crippen molar-refractivity contribution >= 4 is 22.8 Å². The zero-order chi connectivity index (χ0) is 16.4. The van der Waals surface area contributed by atoms with Gasteiger partial charge in [-0.25, -0.2) is 9.78 Å². The van der Waals surface area contributed by atoms with E-state index in [1.807, 2.05) is 0 Å². The van der Waals surface area contributed by atoms with Gasteiger partial charge in [0.1, 0.15) is 5.75 Å². The highest BCUT2D eigenvalue weighted by Crippen LogP contribution is 2.34. The highest BCUT2D eigenvalue weighted by atomic mass is 35.5. The van der Waals surface area contributed by atoms with E-state index in [4.69, 9.17) is 11.6 Å². The molecule has 23 heavy (non-hydrogen) atoms. The summed E-state index contributed by atoms with van der Waals surface area (Å²) < 4.78 is 1.70. The van der Waals surface area contributed by atoms with Crippen molar-refractivity contribution in [2.24, 2.45) is 0 Å². The maximum Gasteiger partial charge on any atom is 0.327 e. The monoisotopic (exact) mass is 331 g/mol. The van der Waals surface area contributed by atoms with Gasteiger partial charge in [0.05, 0.1) is 10.5 Å². The lowest BCUT2D eigenvalue weighted by Gasteiger charge is -2.10. The SMILES string of the molecule is CCCCCn1c(=O)[nH]c2ncc(Cl)c(-c3ccc(O)cc3)c21. The van der Waals surface area contributed by atoms with Crippen LogP contribution < -0.4 is 5.69 Å². The van der Waals surface area contributed by atoms with E-state index in [-0.39, 0.29) is 11.4 Å². The maximum atomic E-state index is 12.3. The molecule has 0 unspecified atom stereocenters. The van der Waals surface area contributed by atoms with Gasteiger partial charge in [0, 0.05) is 18.3 Å². The van der Waals surface area contributed by atoms with Gasteiger partial charge in [-0.05, 0) is 24.1 Å². The smallest absolute Gasteiger partial charge is 0.327 e. The third-order valence-electron chi connectivity index (χ3n) is 3.89. The van der Waals surface area contributed by atoms with Gasteiger partial charge in [-0.3, -0.25) is 9.55 Å². The molecule has 0 aliphatic heterocycles. The van der Waals surface area contributed by atoms with E-state index in [1.165, 1.54) is 0 Å². The third kappa shape index (κ3) is 2.97. The second-order valence-electron chi connectivity index (χ2n) is 5.51. The topological polar surface area (TPSA) is 70.9 Å². The highest BCUT2D eigenvalue weighted by molar-refractivity contribution is 6.34. The number of unbranched alkanes of at least 4 members (excludes halogenated alkanes) is 2. The Labute approximate surface area is 138 Å². The van der Waals surface area contributed by atoms with Crippen molar-refractivity contribution in [3.63, 3.8) is 0 Å². The zero-order valence-electron chi connectivity index (χ0n) is 12.8. The third-order valence-corrected chi connectivity index (χ3v) is 4.18. The summed E-state index contributed by atoms with van der Waals surface area (Å²) in [5.74, 6) is 0.185. The molecule has 0 amide bonds. The molecule has 0 aliphatic carbocycles. The van der Waals surface area contributed by atoms with Gasteiger partial charge < -0.3 is 5.11 Å². The van der Waals surface area contributed by atoms with E-state index in [9.17, 15) is 9.90 Å². The number of phenolic OH excluding ortho intramolecular Hbond substituents is 1. The molecule has 0 saturated carbocycles. The van der Waals surface area contributed by atoms with Gasteiger partial charge in [0.2, 0.25) is 0 Å². The summed E-state index contributed by atoms with van der Waals surface area (Å²) in [6.45, 7) is 2.75. The fraction of sp³-hybridized carbons (Fsp3) is 0.294. The number of pyridine rings is 1. The molecule has 0 saturated heterocycles. The van der Waals surface area contributed by atoms with Crippen molar-refractivity contribution < 1.29 is 5.11 Å². The van der Waals surface area contributed by atoms with Crippen LogP contribution in [0.2, 0.25) is 5.02 Å². The van der Waals surface area contributed by atoms with Gasteiger partial charge in [-0.1, -0.05) is 43.5 Å². The number of H-pyrrole nitrogens is 1. The lowest BCUT2D eigenvalue weighted by atomic mass is 10.1. The second-order valence-corrected chi connectivity index (χ2v) is 5.92. The number of benzene rings is 1. The van der Waals surface area contributed by atoms with E-state index in [1.54, 1.807) is 35.0 Å². The first-order chi connectivity index (χ1) is 11.1. The number of imidazole rings is 1. The predicted molar refractivity (Wildman–Crippen MR) is 92.0 cm³/mol. The zero-order valence-corrected chi connectivity index (χ0v) is 13.6. The van der Waals surface area contributed by atoms with Gasteiger partial charge in [0.15, 0.2) is 5.65 Å². The fourth-order valence-corrected chi connectivity index (χ4v) is 2.99. The Morgan fingerprint density at radius 2 is 2.00 bits per heavy atom.